The first-order chi connectivity index (χ1) is 14.6. The SMILES string of the molecule is O=C(O)CCCCCC[C@H]1[C@H](CCNCC(O)CCc2ccccc2)[C@H]2CC[C@@H]1O2. The average Bonchev–Trinajstić information content (AvgIpc) is 3.35. The summed E-state index contributed by atoms with van der Waals surface area (Å²) in [6.07, 6.45) is 11.4. The number of aryl methyl sites for hydroxylation is 1. The van der Waals surface area contributed by atoms with Crippen LogP contribution in [0.4, 0.5) is 0 Å². The largest absolute Gasteiger partial charge is 0.481 e. The van der Waals surface area contributed by atoms with E-state index >= 15 is 0 Å². The molecule has 0 amide bonds. The van der Waals surface area contributed by atoms with Crippen molar-refractivity contribution in [2.24, 2.45) is 11.8 Å². The summed E-state index contributed by atoms with van der Waals surface area (Å²) in [5, 5.41) is 22.4. The van der Waals surface area contributed by atoms with E-state index in [2.05, 4.69) is 17.4 Å². The summed E-state index contributed by atoms with van der Waals surface area (Å²) in [6.45, 7) is 1.59. The van der Waals surface area contributed by atoms with Crippen LogP contribution < -0.4 is 5.32 Å². The number of unbranched alkanes of at least 4 members (excludes halogenated alkanes) is 3. The van der Waals surface area contributed by atoms with Crippen LogP contribution in [0.25, 0.3) is 0 Å². The summed E-state index contributed by atoms with van der Waals surface area (Å²) in [4.78, 5) is 10.6. The number of nitrogens with one attached hydrogen (secondary N) is 1. The molecule has 0 aliphatic carbocycles. The van der Waals surface area contributed by atoms with Crippen molar-refractivity contribution in [3.8, 4) is 0 Å². The van der Waals surface area contributed by atoms with E-state index in [9.17, 15) is 9.90 Å². The van der Waals surface area contributed by atoms with Crippen molar-refractivity contribution < 1.29 is 19.7 Å². The van der Waals surface area contributed by atoms with Crippen molar-refractivity contribution in [2.75, 3.05) is 13.1 Å². The number of carbonyl (C=O) groups is 1. The van der Waals surface area contributed by atoms with Gasteiger partial charge < -0.3 is 20.3 Å². The third-order valence-electron chi connectivity index (χ3n) is 6.91. The van der Waals surface area contributed by atoms with Gasteiger partial charge in [0.2, 0.25) is 0 Å². The molecule has 2 fully saturated rings. The Bertz CT molecular complexity index is 623. The highest BCUT2D eigenvalue weighted by Gasteiger charge is 2.47. The number of carboxylic acid groups (broad SMARTS) is 1. The van der Waals surface area contributed by atoms with Crippen LogP contribution in [0.5, 0.6) is 0 Å². The molecule has 1 aromatic rings. The molecule has 2 aliphatic rings. The van der Waals surface area contributed by atoms with Crippen molar-refractivity contribution in [2.45, 2.75) is 88.9 Å². The minimum Gasteiger partial charge on any atom is -0.481 e. The highest BCUT2D eigenvalue weighted by molar-refractivity contribution is 5.66. The van der Waals surface area contributed by atoms with Crippen LogP contribution in [0.3, 0.4) is 0 Å². The van der Waals surface area contributed by atoms with E-state index in [4.69, 9.17) is 9.84 Å². The molecule has 1 aromatic carbocycles. The maximum Gasteiger partial charge on any atom is 0.303 e. The van der Waals surface area contributed by atoms with Crippen LogP contribution in [0, 0.1) is 11.8 Å². The number of fused-ring (bicyclic) bond motifs is 2. The predicted octanol–water partition coefficient (Wildman–Crippen LogP) is 4.18. The van der Waals surface area contributed by atoms with Crippen molar-refractivity contribution in [1.82, 2.24) is 5.32 Å². The van der Waals surface area contributed by atoms with E-state index in [0.29, 0.717) is 37.0 Å². The van der Waals surface area contributed by atoms with Crippen LogP contribution in [0.15, 0.2) is 30.3 Å². The van der Waals surface area contributed by atoms with Gasteiger partial charge in [-0.3, -0.25) is 4.79 Å². The number of ether oxygens (including phenoxy) is 1. The molecule has 0 spiro atoms. The lowest BCUT2D eigenvalue weighted by molar-refractivity contribution is -0.137. The molecule has 2 bridgehead atoms. The summed E-state index contributed by atoms with van der Waals surface area (Å²) in [5.41, 5.74) is 1.28. The Morgan fingerprint density at radius 3 is 2.47 bits per heavy atom. The highest BCUT2D eigenvalue weighted by Crippen LogP contribution is 2.47. The lowest BCUT2D eigenvalue weighted by atomic mass is 9.75. The fourth-order valence-corrected chi connectivity index (χ4v) is 5.30. The molecule has 2 heterocycles. The van der Waals surface area contributed by atoms with Gasteiger partial charge in [0.05, 0.1) is 18.3 Å². The van der Waals surface area contributed by atoms with E-state index in [1.165, 1.54) is 31.2 Å². The Hall–Kier alpha value is -1.43. The molecular formula is C25H39NO4. The monoisotopic (exact) mass is 417 g/mol. The Kier molecular flexibility index (Phi) is 9.63. The molecule has 5 nitrogen and oxygen atoms in total. The molecule has 2 saturated heterocycles. The lowest BCUT2D eigenvalue weighted by Crippen LogP contribution is -2.33. The first-order valence-electron chi connectivity index (χ1n) is 11.9. The minimum absolute atomic E-state index is 0.294. The van der Waals surface area contributed by atoms with E-state index in [0.717, 1.165) is 45.1 Å². The van der Waals surface area contributed by atoms with Crippen LogP contribution >= 0.6 is 0 Å². The Balaban J connectivity index is 1.29. The lowest BCUT2D eigenvalue weighted by Gasteiger charge is -2.28. The number of aliphatic hydroxyl groups is 1. The number of aliphatic hydroxyl groups excluding tert-OH is 1. The molecular weight excluding hydrogens is 378 g/mol. The first kappa shape index (κ1) is 23.2. The topological polar surface area (TPSA) is 78.8 Å². The van der Waals surface area contributed by atoms with Crippen molar-refractivity contribution >= 4 is 5.97 Å². The molecule has 0 radical (unpaired) electrons. The van der Waals surface area contributed by atoms with E-state index in [1.807, 2.05) is 18.2 Å². The molecule has 3 rings (SSSR count). The van der Waals surface area contributed by atoms with Crippen LogP contribution in [0.2, 0.25) is 0 Å². The van der Waals surface area contributed by atoms with Gasteiger partial charge in [-0.05, 0) is 68.9 Å². The summed E-state index contributed by atoms with van der Waals surface area (Å²) in [5.74, 6) is 0.610. The molecule has 5 atom stereocenters. The summed E-state index contributed by atoms with van der Waals surface area (Å²) in [6, 6.07) is 10.3. The third kappa shape index (κ3) is 7.36. The fraction of sp³-hybridized carbons (Fsp3) is 0.720. The number of hydrogen-bond donors (Lipinski definition) is 3. The molecule has 3 N–H and O–H groups in total. The number of rotatable bonds is 15. The zero-order valence-corrected chi connectivity index (χ0v) is 18.2. The van der Waals surface area contributed by atoms with Crippen LogP contribution in [0.1, 0.15) is 69.8 Å². The maximum absolute atomic E-state index is 10.6. The van der Waals surface area contributed by atoms with Crippen molar-refractivity contribution in [1.29, 1.82) is 0 Å². The van der Waals surface area contributed by atoms with E-state index in [1.54, 1.807) is 0 Å². The molecule has 168 valence electrons. The van der Waals surface area contributed by atoms with Gasteiger partial charge in [-0.25, -0.2) is 0 Å². The highest BCUT2D eigenvalue weighted by atomic mass is 16.5. The maximum atomic E-state index is 10.6. The number of aliphatic carboxylic acids is 1. The normalized spacial score (nSPS) is 26.2. The number of benzene rings is 1. The second-order valence-electron chi connectivity index (χ2n) is 9.14. The van der Waals surface area contributed by atoms with Gasteiger partial charge in [0.15, 0.2) is 0 Å². The smallest absolute Gasteiger partial charge is 0.303 e. The van der Waals surface area contributed by atoms with E-state index in [-0.39, 0.29) is 6.10 Å². The number of carboxylic acids is 1. The van der Waals surface area contributed by atoms with Crippen LogP contribution in [-0.2, 0) is 16.0 Å². The molecule has 2 aliphatic heterocycles. The Morgan fingerprint density at radius 1 is 1.03 bits per heavy atom. The van der Waals surface area contributed by atoms with Crippen molar-refractivity contribution in [3.63, 3.8) is 0 Å². The summed E-state index contributed by atoms with van der Waals surface area (Å²) >= 11 is 0. The zero-order chi connectivity index (χ0) is 21.2. The quantitative estimate of drug-likeness (QED) is 0.373. The van der Waals surface area contributed by atoms with Gasteiger partial charge in [-0.2, -0.15) is 0 Å². The zero-order valence-electron chi connectivity index (χ0n) is 18.2. The van der Waals surface area contributed by atoms with Crippen LogP contribution in [-0.4, -0.2) is 47.6 Å². The Labute approximate surface area is 181 Å². The second kappa shape index (κ2) is 12.4. The molecule has 5 heteroatoms. The fourth-order valence-electron chi connectivity index (χ4n) is 5.30. The van der Waals surface area contributed by atoms with Gasteiger partial charge in [0.25, 0.3) is 0 Å². The Morgan fingerprint density at radius 2 is 1.73 bits per heavy atom. The second-order valence-corrected chi connectivity index (χ2v) is 9.14. The molecule has 0 saturated carbocycles. The van der Waals surface area contributed by atoms with Crippen molar-refractivity contribution in [3.05, 3.63) is 35.9 Å². The molecule has 1 unspecified atom stereocenters. The predicted molar refractivity (Wildman–Crippen MR) is 118 cm³/mol. The summed E-state index contributed by atoms with van der Waals surface area (Å²) in [7, 11) is 0. The standard InChI is InChI=1S/C25H39NO4/c27-20(13-12-19-8-4-3-5-9-19)18-26-17-16-22-21(23-14-15-24(22)30-23)10-6-1-2-7-11-25(28)29/h3-5,8-9,20-24,26-27H,1-2,6-7,10-18H2,(H,28,29)/t20?,21-,22-,23-,24+/m0/s1. The van der Waals surface area contributed by atoms with Gasteiger partial charge >= 0.3 is 5.97 Å². The van der Waals surface area contributed by atoms with Gasteiger partial charge in [-0.1, -0.05) is 49.6 Å². The summed E-state index contributed by atoms with van der Waals surface area (Å²) < 4.78 is 6.22. The third-order valence-corrected chi connectivity index (χ3v) is 6.91. The molecule has 30 heavy (non-hydrogen) atoms. The first-order valence-corrected chi connectivity index (χ1v) is 11.9. The van der Waals surface area contributed by atoms with Gasteiger partial charge in [0.1, 0.15) is 0 Å². The number of hydrogen-bond acceptors (Lipinski definition) is 4. The van der Waals surface area contributed by atoms with Gasteiger partial charge in [-0.15, -0.1) is 0 Å². The van der Waals surface area contributed by atoms with E-state index < -0.39 is 5.97 Å². The minimum atomic E-state index is -0.686. The van der Waals surface area contributed by atoms with Gasteiger partial charge in [0, 0.05) is 13.0 Å². The molecule has 0 aromatic heterocycles. The average molecular weight is 418 g/mol.